The quantitative estimate of drug-likeness (QED) is 0.738. The second kappa shape index (κ2) is 4.11. The monoisotopic (exact) mass is 229 g/mol. The summed E-state index contributed by atoms with van der Waals surface area (Å²) in [5.74, 6) is 0.162. The second-order valence-electron chi connectivity index (χ2n) is 3.99. The molecular formula is C11H11N5O. The Kier molecular flexibility index (Phi) is 2.46. The van der Waals surface area contributed by atoms with Gasteiger partial charge in [-0.05, 0) is 19.3 Å². The molecular weight excluding hydrogens is 218 g/mol. The molecule has 1 atom stereocenters. The molecule has 2 aromatic rings. The fourth-order valence-corrected chi connectivity index (χ4v) is 2.02. The van der Waals surface area contributed by atoms with Gasteiger partial charge in [-0.1, -0.05) is 0 Å². The van der Waals surface area contributed by atoms with E-state index in [1.807, 2.05) is 6.07 Å². The number of hydrogen-bond donors (Lipinski definition) is 0. The average molecular weight is 229 g/mol. The summed E-state index contributed by atoms with van der Waals surface area (Å²) >= 11 is 0. The minimum Gasteiger partial charge on any atom is -0.356 e. The fraction of sp³-hybridized carbons (Fsp3) is 0.455. The largest absolute Gasteiger partial charge is 0.356 e. The molecule has 1 aliphatic heterocycles. The lowest BCUT2D eigenvalue weighted by Crippen LogP contribution is -2.19. The van der Waals surface area contributed by atoms with Crippen molar-refractivity contribution >= 4 is 11.0 Å². The molecule has 3 rings (SSSR count). The van der Waals surface area contributed by atoms with Gasteiger partial charge in [-0.15, -0.1) is 0 Å². The van der Waals surface area contributed by atoms with Crippen molar-refractivity contribution in [3.8, 4) is 6.07 Å². The second-order valence-corrected chi connectivity index (χ2v) is 3.99. The fourth-order valence-electron chi connectivity index (χ4n) is 2.02. The molecule has 6 heteroatoms. The van der Waals surface area contributed by atoms with Crippen LogP contribution in [0.3, 0.4) is 0 Å². The van der Waals surface area contributed by atoms with Gasteiger partial charge in [-0.3, -0.25) is 0 Å². The lowest BCUT2D eigenvalue weighted by Gasteiger charge is -2.22. The normalized spacial score (nSPS) is 20.3. The molecule has 1 saturated heterocycles. The van der Waals surface area contributed by atoms with E-state index in [0.717, 1.165) is 31.3 Å². The molecule has 1 unspecified atom stereocenters. The van der Waals surface area contributed by atoms with Crippen LogP contribution in [0.1, 0.15) is 31.3 Å². The molecule has 2 aromatic heterocycles. The number of rotatable bonds is 1. The molecule has 3 heterocycles. The van der Waals surface area contributed by atoms with E-state index >= 15 is 0 Å². The Balaban J connectivity index is 2.06. The predicted molar refractivity (Wildman–Crippen MR) is 58.9 cm³/mol. The molecule has 6 nitrogen and oxygen atoms in total. The van der Waals surface area contributed by atoms with Crippen molar-refractivity contribution in [2.45, 2.75) is 25.5 Å². The average Bonchev–Trinajstić information content (AvgIpc) is 2.82. The van der Waals surface area contributed by atoms with E-state index in [-0.39, 0.29) is 12.1 Å². The van der Waals surface area contributed by atoms with Gasteiger partial charge in [0.25, 0.3) is 0 Å². The van der Waals surface area contributed by atoms with Crippen molar-refractivity contribution in [1.29, 1.82) is 5.26 Å². The molecule has 0 radical (unpaired) electrons. The van der Waals surface area contributed by atoms with Crippen molar-refractivity contribution in [3.05, 3.63) is 18.2 Å². The Hall–Kier alpha value is -2.00. The summed E-state index contributed by atoms with van der Waals surface area (Å²) in [6, 6.07) is 1.93. The first-order valence-corrected chi connectivity index (χ1v) is 5.60. The van der Waals surface area contributed by atoms with Crippen LogP contribution < -0.4 is 0 Å². The summed E-state index contributed by atoms with van der Waals surface area (Å²) in [6.07, 6.45) is 6.41. The summed E-state index contributed by atoms with van der Waals surface area (Å²) in [5.41, 5.74) is 0.670. The van der Waals surface area contributed by atoms with Crippen LogP contribution in [0.4, 0.5) is 0 Å². The highest BCUT2D eigenvalue weighted by atomic mass is 16.5. The molecule has 1 aliphatic rings. The van der Waals surface area contributed by atoms with Crippen molar-refractivity contribution in [3.63, 3.8) is 0 Å². The zero-order valence-corrected chi connectivity index (χ0v) is 9.20. The van der Waals surface area contributed by atoms with Crippen LogP contribution in [0.15, 0.2) is 12.4 Å². The molecule has 0 aliphatic carbocycles. The van der Waals surface area contributed by atoms with Crippen LogP contribution in [0.2, 0.25) is 0 Å². The first-order chi connectivity index (χ1) is 8.38. The lowest BCUT2D eigenvalue weighted by atomic mass is 10.2. The molecule has 0 bridgehead atoms. The minimum absolute atomic E-state index is 0.0670. The maximum Gasteiger partial charge on any atom is 0.234 e. The van der Waals surface area contributed by atoms with Crippen LogP contribution in [0.5, 0.6) is 0 Å². The van der Waals surface area contributed by atoms with Gasteiger partial charge in [0.1, 0.15) is 6.07 Å². The van der Waals surface area contributed by atoms with Crippen LogP contribution in [0, 0.1) is 11.3 Å². The molecule has 0 N–H and O–H groups in total. The number of aromatic nitrogens is 4. The molecule has 0 amide bonds. The molecule has 0 aromatic carbocycles. The van der Waals surface area contributed by atoms with Gasteiger partial charge in [0.2, 0.25) is 5.82 Å². The van der Waals surface area contributed by atoms with Crippen molar-refractivity contribution < 1.29 is 4.74 Å². The topological polar surface area (TPSA) is 76.6 Å². The van der Waals surface area contributed by atoms with E-state index < -0.39 is 0 Å². The zero-order valence-electron chi connectivity index (χ0n) is 9.20. The highest BCUT2D eigenvalue weighted by Crippen LogP contribution is 2.24. The summed E-state index contributed by atoms with van der Waals surface area (Å²) in [6.45, 7) is 0.752. The smallest absolute Gasteiger partial charge is 0.234 e. The SMILES string of the molecule is N#Cc1ncc2cnn(C3CCCCO3)c2n1. The van der Waals surface area contributed by atoms with Crippen molar-refractivity contribution in [2.75, 3.05) is 6.61 Å². The number of fused-ring (bicyclic) bond motifs is 1. The van der Waals surface area contributed by atoms with Crippen LogP contribution in [-0.4, -0.2) is 26.4 Å². The Labute approximate surface area is 97.8 Å². The third-order valence-electron chi connectivity index (χ3n) is 2.86. The van der Waals surface area contributed by atoms with E-state index in [4.69, 9.17) is 10.00 Å². The molecule has 17 heavy (non-hydrogen) atoms. The maximum absolute atomic E-state index is 8.80. The van der Waals surface area contributed by atoms with Gasteiger partial charge in [0, 0.05) is 12.8 Å². The van der Waals surface area contributed by atoms with Crippen molar-refractivity contribution in [1.82, 2.24) is 19.7 Å². The third kappa shape index (κ3) is 1.74. The first kappa shape index (κ1) is 10.2. The highest BCUT2D eigenvalue weighted by Gasteiger charge is 2.19. The Morgan fingerprint density at radius 1 is 1.41 bits per heavy atom. The number of hydrogen-bond acceptors (Lipinski definition) is 5. The van der Waals surface area contributed by atoms with Gasteiger partial charge in [0.15, 0.2) is 11.9 Å². The van der Waals surface area contributed by atoms with E-state index in [2.05, 4.69) is 15.1 Å². The van der Waals surface area contributed by atoms with Crippen LogP contribution in [-0.2, 0) is 4.74 Å². The van der Waals surface area contributed by atoms with Gasteiger partial charge < -0.3 is 4.74 Å². The van der Waals surface area contributed by atoms with Gasteiger partial charge >= 0.3 is 0 Å². The molecule has 0 spiro atoms. The molecule has 1 fully saturated rings. The lowest BCUT2D eigenvalue weighted by molar-refractivity contribution is -0.0370. The summed E-state index contributed by atoms with van der Waals surface area (Å²) < 4.78 is 7.41. The standard InChI is InChI=1S/C11H11N5O/c12-5-9-13-6-8-7-14-16(11(8)15-9)10-3-1-2-4-17-10/h6-7,10H,1-4H2. The van der Waals surface area contributed by atoms with Gasteiger partial charge in [0.05, 0.1) is 11.6 Å². The number of ether oxygens (including phenoxy) is 1. The first-order valence-electron chi connectivity index (χ1n) is 5.60. The maximum atomic E-state index is 8.80. The summed E-state index contributed by atoms with van der Waals surface area (Å²) in [4.78, 5) is 8.09. The molecule has 0 saturated carbocycles. The van der Waals surface area contributed by atoms with E-state index in [1.165, 1.54) is 0 Å². The van der Waals surface area contributed by atoms with Gasteiger partial charge in [-0.2, -0.15) is 15.3 Å². The summed E-state index contributed by atoms with van der Waals surface area (Å²) in [7, 11) is 0. The molecule has 86 valence electrons. The summed E-state index contributed by atoms with van der Waals surface area (Å²) in [5, 5.41) is 13.9. The predicted octanol–water partition coefficient (Wildman–Crippen LogP) is 1.40. The van der Waals surface area contributed by atoms with Gasteiger partial charge in [-0.25, -0.2) is 9.67 Å². The Morgan fingerprint density at radius 3 is 3.12 bits per heavy atom. The number of nitriles is 1. The minimum atomic E-state index is -0.0670. The Bertz CT molecular complexity index is 579. The highest BCUT2D eigenvalue weighted by molar-refractivity contribution is 5.73. The zero-order chi connectivity index (χ0) is 11.7. The van der Waals surface area contributed by atoms with Crippen LogP contribution >= 0.6 is 0 Å². The third-order valence-corrected chi connectivity index (χ3v) is 2.86. The Morgan fingerprint density at radius 2 is 2.35 bits per heavy atom. The van der Waals surface area contributed by atoms with Crippen molar-refractivity contribution in [2.24, 2.45) is 0 Å². The number of nitrogens with zero attached hydrogens (tertiary/aromatic N) is 5. The van der Waals surface area contributed by atoms with E-state index in [0.29, 0.717) is 5.65 Å². The van der Waals surface area contributed by atoms with E-state index in [1.54, 1.807) is 17.1 Å². The van der Waals surface area contributed by atoms with E-state index in [9.17, 15) is 0 Å². The van der Waals surface area contributed by atoms with Crippen LogP contribution in [0.25, 0.3) is 11.0 Å².